The zero-order valence-electron chi connectivity index (χ0n) is 11.4. The van der Waals surface area contributed by atoms with Crippen LogP contribution in [0.4, 0.5) is 0 Å². The van der Waals surface area contributed by atoms with E-state index in [9.17, 15) is 4.79 Å². The zero-order valence-corrected chi connectivity index (χ0v) is 11.4. The molecule has 1 unspecified atom stereocenters. The molecule has 1 N–H and O–H groups in total. The number of benzene rings is 1. The van der Waals surface area contributed by atoms with Crippen LogP contribution in [0.3, 0.4) is 0 Å². The Morgan fingerprint density at radius 1 is 1.47 bits per heavy atom. The Balaban J connectivity index is 2.08. The van der Waals surface area contributed by atoms with E-state index in [1.807, 2.05) is 32.2 Å². The topological polar surface area (TPSA) is 71.3 Å². The molecule has 0 aliphatic carbocycles. The Kier molecular flexibility index (Phi) is 4.11. The lowest BCUT2D eigenvalue weighted by Crippen LogP contribution is -2.33. The maximum atomic E-state index is 11.4. The van der Waals surface area contributed by atoms with Crippen LogP contribution in [0.1, 0.15) is 18.9 Å². The van der Waals surface area contributed by atoms with Crippen molar-refractivity contribution in [1.29, 1.82) is 0 Å². The van der Waals surface area contributed by atoms with Crippen molar-refractivity contribution < 1.29 is 9.42 Å². The predicted octanol–water partition coefficient (Wildman–Crippen LogP) is 1.18. The Bertz CT molecular complexity index is 567. The number of carbonyl (C=O) groups is 1. The van der Waals surface area contributed by atoms with E-state index in [4.69, 9.17) is 4.63 Å². The minimum atomic E-state index is 0.0423. The van der Waals surface area contributed by atoms with E-state index >= 15 is 0 Å². The maximum absolute atomic E-state index is 11.4. The molecule has 0 bridgehead atoms. The lowest BCUT2D eigenvalue weighted by Gasteiger charge is -2.24. The van der Waals surface area contributed by atoms with E-state index in [1.165, 1.54) is 0 Å². The van der Waals surface area contributed by atoms with Crippen molar-refractivity contribution >= 4 is 16.9 Å². The van der Waals surface area contributed by atoms with Gasteiger partial charge in [0.15, 0.2) is 0 Å². The van der Waals surface area contributed by atoms with Gasteiger partial charge < -0.3 is 5.32 Å². The smallest absolute Gasteiger partial charge is 0.221 e. The van der Waals surface area contributed by atoms with Crippen LogP contribution in [-0.2, 0) is 11.3 Å². The Morgan fingerprint density at radius 3 is 3.00 bits per heavy atom. The molecule has 0 spiro atoms. The van der Waals surface area contributed by atoms with Crippen LogP contribution in [0.15, 0.2) is 22.8 Å². The summed E-state index contributed by atoms with van der Waals surface area (Å²) in [6.07, 6.45) is 0.472. The highest BCUT2D eigenvalue weighted by molar-refractivity contribution is 5.77. The molecule has 19 heavy (non-hydrogen) atoms. The summed E-state index contributed by atoms with van der Waals surface area (Å²) in [5, 5.41) is 10.4. The predicted molar refractivity (Wildman–Crippen MR) is 71.4 cm³/mol. The summed E-state index contributed by atoms with van der Waals surface area (Å²) in [5.74, 6) is 0.0423. The number of hydrogen-bond acceptors (Lipinski definition) is 5. The molecule has 2 aromatic rings. The SMILES string of the molecule is CNC(=O)CC(C)N(C)Cc1cccc2nonc12. The number of carbonyl (C=O) groups excluding carboxylic acids is 1. The van der Waals surface area contributed by atoms with E-state index in [1.54, 1.807) is 7.05 Å². The third kappa shape index (κ3) is 3.08. The molecular weight excluding hydrogens is 244 g/mol. The average molecular weight is 262 g/mol. The van der Waals surface area contributed by atoms with Gasteiger partial charge >= 0.3 is 0 Å². The number of nitrogens with one attached hydrogen (secondary N) is 1. The van der Waals surface area contributed by atoms with Crippen molar-refractivity contribution in [2.75, 3.05) is 14.1 Å². The first kappa shape index (κ1) is 13.5. The van der Waals surface area contributed by atoms with Gasteiger partial charge in [-0.15, -0.1) is 0 Å². The second-order valence-electron chi connectivity index (χ2n) is 4.69. The van der Waals surface area contributed by atoms with Crippen molar-refractivity contribution in [3.63, 3.8) is 0 Å². The van der Waals surface area contributed by atoms with E-state index < -0.39 is 0 Å². The number of amides is 1. The van der Waals surface area contributed by atoms with Crippen molar-refractivity contribution in [2.24, 2.45) is 0 Å². The third-order valence-corrected chi connectivity index (χ3v) is 3.30. The van der Waals surface area contributed by atoms with Crippen LogP contribution in [0.25, 0.3) is 11.0 Å². The second kappa shape index (κ2) is 5.79. The Labute approximate surface area is 111 Å². The molecule has 102 valence electrons. The first-order valence-electron chi connectivity index (χ1n) is 6.22. The summed E-state index contributed by atoms with van der Waals surface area (Å²) >= 11 is 0. The summed E-state index contributed by atoms with van der Waals surface area (Å²) in [4.78, 5) is 13.5. The summed E-state index contributed by atoms with van der Waals surface area (Å²) in [7, 11) is 3.64. The monoisotopic (exact) mass is 262 g/mol. The van der Waals surface area contributed by atoms with Gasteiger partial charge in [-0.1, -0.05) is 12.1 Å². The van der Waals surface area contributed by atoms with Crippen molar-refractivity contribution in [2.45, 2.75) is 25.9 Å². The Morgan fingerprint density at radius 2 is 2.26 bits per heavy atom. The maximum Gasteiger partial charge on any atom is 0.221 e. The molecule has 0 saturated carbocycles. The molecule has 1 heterocycles. The summed E-state index contributed by atoms with van der Waals surface area (Å²) in [5.41, 5.74) is 2.58. The van der Waals surface area contributed by atoms with E-state index in [0.29, 0.717) is 13.0 Å². The van der Waals surface area contributed by atoms with Gasteiger partial charge in [0.2, 0.25) is 5.91 Å². The van der Waals surface area contributed by atoms with Crippen LogP contribution >= 0.6 is 0 Å². The van der Waals surface area contributed by atoms with E-state index in [0.717, 1.165) is 16.6 Å². The molecule has 0 saturated heterocycles. The number of nitrogens with zero attached hydrogens (tertiary/aromatic N) is 3. The van der Waals surface area contributed by atoms with Crippen LogP contribution in [0.2, 0.25) is 0 Å². The van der Waals surface area contributed by atoms with Gasteiger partial charge in [-0.3, -0.25) is 9.69 Å². The fourth-order valence-corrected chi connectivity index (χ4v) is 1.94. The van der Waals surface area contributed by atoms with Gasteiger partial charge in [-0.05, 0) is 35.9 Å². The molecule has 6 heteroatoms. The highest BCUT2D eigenvalue weighted by Gasteiger charge is 2.15. The first-order valence-corrected chi connectivity index (χ1v) is 6.22. The zero-order chi connectivity index (χ0) is 13.8. The molecule has 1 amide bonds. The molecule has 0 aliphatic heterocycles. The fourth-order valence-electron chi connectivity index (χ4n) is 1.94. The molecule has 1 atom stereocenters. The van der Waals surface area contributed by atoms with Gasteiger partial charge in [0, 0.05) is 26.1 Å². The van der Waals surface area contributed by atoms with Gasteiger partial charge in [0.05, 0.1) is 0 Å². The van der Waals surface area contributed by atoms with Crippen LogP contribution in [0, 0.1) is 0 Å². The number of rotatable bonds is 5. The van der Waals surface area contributed by atoms with Crippen molar-refractivity contribution in [3.8, 4) is 0 Å². The third-order valence-electron chi connectivity index (χ3n) is 3.30. The van der Waals surface area contributed by atoms with Gasteiger partial charge in [0.25, 0.3) is 0 Å². The lowest BCUT2D eigenvalue weighted by molar-refractivity contribution is -0.121. The minimum absolute atomic E-state index is 0.0423. The van der Waals surface area contributed by atoms with Crippen LogP contribution in [-0.4, -0.2) is 41.3 Å². The van der Waals surface area contributed by atoms with E-state index in [2.05, 4.69) is 20.5 Å². The summed E-state index contributed by atoms with van der Waals surface area (Å²) in [6, 6.07) is 5.94. The highest BCUT2D eigenvalue weighted by Crippen LogP contribution is 2.17. The summed E-state index contributed by atoms with van der Waals surface area (Å²) < 4.78 is 4.75. The average Bonchev–Trinajstić information content (AvgIpc) is 2.87. The van der Waals surface area contributed by atoms with Gasteiger partial charge in [0.1, 0.15) is 11.0 Å². The molecule has 0 fully saturated rings. The van der Waals surface area contributed by atoms with Gasteiger partial charge in [-0.2, -0.15) is 0 Å². The standard InChI is InChI=1S/C13H18N4O2/c1-9(7-12(18)14-2)17(3)8-10-5-4-6-11-13(10)16-19-15-11/h4-6,9H,7-8H2,1-3H3,(H,14,18). The number of hydrogen-bond donors (Lipinski definition) is 1. The largest absolute Gasteiger partial charge is 0.359 e. The normalized spacial score (nSPS) is 12.8. The van der Waals surface area contributed by atoms with Crippen molar-refractivity contribution in [1.82, 2.24) is 20.5 Å². The van der Waals surface area contributed by atoms with Gasteiger partial charge in [-0.25, -0.2) is 4.63 Å². The molecule has 1 aromatic heterocycles. The molecular formula is C13H18N4O2. The lowest BCUT2D eigenvalue weighted by atomic mass is 10.1. The summed E-state index contributed by atoms with van der Waals surface area (Å²) in [6.45, 7) is 2.72. The van der Waals surface area contributed by atoms with Crippen LogP contribution < -0.4 is 5.32 Å². The Hall–Kier alpha value is -1.95. The number of fused-ring (bicyclic) bond motifs is 1. The van der Waals surface area contributed by atoms with E-state index in [-0.39, 0.29) is 11.9 Å². The molecule has 0 aliphatic rings. The molecule has 0 radical (unpaired) electrons. The molecule has 6 nitrogen and oxygen atoms in total. The highest BCUT2D eigenvalue weighted by atomic mass is 16.6. The molecule has 2 rings (SSSR count). The number of aromatic nitrogens is 2. The first-order chi connectivity index (χ1) is 9.11. The molecule has 1 aromatic carbocycles. The van der Waals surface area contributed by atoms with Crippen molar-refractivity contribution in [3.05, 3.63) is 23.8 Å². The quantitative estimate of drug-likeness (QED) is 0.876. The van der Waals surface area contributed by atoms with Crippen LogP contribution in [0.5, 0.6) is 0 Å². The minimum Gasteiger partial charge on any atom is -0.359 e. The fraction of sp³-hybridized carbons (Fsp3) is 0.462. The second-order valence-corrected chi connectivity index (χ2v) is 4.69.